The van der Waals surface area contributed by atoms with Crippen molar-refractivity contribution in [1.82, 2.24) is 9.62 Å². The van der Waals surface area contributed by atoms with Gasteiger partial charge in [0.15, 0.2) is 0 Å². The Labute approximate surface area is 180 Å². The number of carbonyl (C=O) groups excluding carboxylic acids is 1. The Balaban J connectivity index is 1.60. The van der Waals surface area contributed by atoms with Crippen molar-refractivity contribution < 1.29 is 22.3 Å². The van der Waals surface area contributed by atoms with Gasteiger partial charge in [-0.1, -0.05) is 42.5 Å². The van der Waals surface area contributed by atoms with Gasteiger partial charge in [-0.2, -0.15) is 4.31 Å². The zero-order valence-corrected chi connectivity index (χ0v) is 17.9. The molecule has 1 aliphatic rings. The summed E-state index contributed by atoms with van der Waals surface area (Å²) in [4.78, 5) is 12.7. The number of halogens is 1. The summed E-state index contributed by atoms with van der Waals surface area (Å²) >= 11 is 0. The van der Waals surface area contributed by atoms with Crippen LogP contribution < -0.4 is 5.32 Å². The Morgan fingerprint density at radius 2 is 1.77 bits per heavy atom. The Hall–Kier alpha value is -2.81. The number of rotatable bonds is 5. The first-order chi connectivity index (χ1) is 14.9. The Kier molecular flexibility index (Phi) is 6.04. The van der Waals surface area contributed by atoms with Crippen LogP contribution >= 0.6 is 0 Å². The average molecular weight is 443 g/mol. The molecule has 1 aliphatic heterocycles. The van der Waals surface area contributed by atoms with Crippen molar-refractivity contribution in [3.05, 3.63) is 77.6 Å². The van der Waals surface area contributed by atoms with Gasteiger partial charge in [0.2, 0.25) is 10.0 Å². The highest BCUT2D eigenvalue weighted by atomic mass is 32.2. The highest BCUT2D eigenvalue weighted by Crippen LogP contribution is 2.25. The van der Waals surface area contributed by atoms with Crippen LogP contribution in [0, 0.1) is 5.82 Å². The van der Waals surface area contributed by atoms with Gasteiger partial charge < -0.3 is 10.1 Å². The first kappa shape index (κ1) is 21.4. The van der Waals surface area contributed by atoms with E-state index in [0.717, 1.165) is 28.5 Å². The molecule has 0 radical (unpaired) electrons. The maximum absolute atomic E-state index is 14.5. The number of benzene rings is 3. The third-order valence-electron chi connectivity index (χ3n) is 5.43. The lowest BCUT2D eigenvalue weighted by Crippen LogP contribution is -2.40. The summed E-state index contributed by atoms with van der Waals surface area (Å²) in [7, 11) is -3.84. The highest BCUT2D eigenvalue weighted by molar-refractivity contribution is 7.89. The van der Waals surface area contributed by atoms with Crippen molar-refractivity contribution in [2.75, 3.05) is 26.3 Å². The molecule has 8 heteroatoms. The summed E-state index contributed by atoms with van der Waals surface area (Å²) in [6.45, 7) is 2.86. The molecule has 0 spiro atoms. The van der Waals surface area contributed by atoms with E-state index >= 15 is 0 Å². The zero-order chi connectivity index (χ0) is 22.0. The van der Waals surface area contributed by atoms with Gasteiger partial charge in [0.1, 0.15) is 5.82 Å². The topological polar surface area (TPSA) is 75.7 Å². The van der Waals surface area contributed by atoms with Gasteiger partial charge >= 0.3 is 0 Å². The molecule has 1 heterocycles. The number of morpholine rings is 1. The number of ether oxygens (including phenoxy) is 1. The van der Waals surface area contributed by atoms with Crippen molar-refractivity contribution in [3.8, 4) is 0 Å². The molecular formula is C23H23FN2O4S. The fraction of sp³-hybridized carbons (Fsp3) is 0.261. The van der Waals surface area contributed by atoms with Crippen molar-refractivity contribution in [1.29, 1.82) is 0 Å². The van der Waals surface area contributed by atoms with E-state index in [9.17, 15) is 17.6 Å². The van der Waals surface area contributed by atoms with Gasteiger partial charge in [0.05, 0.1) is 29.7 Å². The van der Waals surface area contributed by atoms with Crippen LogP contribution in [0.15, 0.2) is 65.6 Å². The Morgan fingerprint density at radius 3 is 2.55 bits per heavy atom. The third-order valence-corrected chi connectivity index (χ3v) is 7.32. The van der Waals surface area contributed by atoms with Crippen LogP contribution in [-0.2, 0) is 14.8 Å². The van der Waals surface area contributed by atoms with Gasteiger partial charge in [-0.3, -0.25) is 4.79 Å². The van der Waals surface area contributed by atoms with E-state index in [2.05, 4.69) is 5.32 Å². The summed E-state index contributed by atoms with van der Waals surface area (Å²) in [5, 5.41) is 4.82. The van der Waals surface area contributed by atoms with Crippen LogP contribution in [0.1, 0.15) is 28.9 Å². The molecule has 6 nitrogen and oxygen atoms in total. The second-order valence-electron chi connectivity index (χ2n) is 7.42. The van der Waals surface area contributed by atoms with E-state index in [1.807, 2.05) is 49.4 Å². The molecule has 1 saturated heterocycles. The van der Waals surface area contributed by atoms with Crippen LogP contribution in [0.25, 0.3) is 10.8 Å². The third kappa shape index (κ3) is 4.32. The van der Waals surface area contributed by atoms with Gasteiger partial charge in [0.25, 0.3) is 5.91 Å². The summed E-state index contributed by atoms with van der Waals surface area (Å²) < 4.78 is 46.7. The predicted molar refractivity (Wildman–Crippen MR) is 116 cm³/mol. The van der Waals surface area contributed by atoms with Gasteiger partial charge in [-0.15, -0.1) is 0 Å². The Morgan fingerprint density at radius 1 is 1.06 bits per heavy atom. The van der Waals surface area contributed by atoms with E-state index in [-0.39, 0.29) is 23.5 Å². The number of carbonyl (C=O) groups is 1. The van der Waals surface area contributed by atoms with Crippen LogP contribution in [0.5, 0.6) is 0 Å². The molecular weight excluding hydrogens is 419 g/mol. The molecule has 162 valence electrons. The molecule has 0 saturated carbocycles. The lowest BCUT2D eigenvalue weighted by atomic mass is 9.99. The van der Waals surface area contributed by atoms with E-state index < -0.39 is 27.8 Å². The monoisotopic (exact) mass is 442 g/mol. The molecule has 1 atom stereocenters. The van der Waals surface area contributed by atoms with Gasteiger partial charge in [-0.25, -0.2) is 12.8 Å². The van der Waals surface area contributed by atoms with Crippen molar-refractivity contribution >= 4 is 26.7 Å². The number of amides is 1. The SMILES string of the molecule is CC(NC(=O)c1cc(S(=O)(=O)N2CCOCC2)ccc1F)c1cccc2ccccc12. The van der Waals surface area contributed by atoms with Crippen LogP contribution in [0.3, 0.4) is 0 Å². The van der Waals surface area contributed by atoms with Crippen molar-refractivity contribution in [3.63, 3.8) is 0 Å². The highest BCUT2D eigenvalue weighted by Gasteiger charge is 2.28. The smallest absolute Gasteiger partial charge is 0.254 e. The summed E-state index contributed by atoms with van der Waals surface area (Å²) in [5.41, 5.74) is 0.588. The number of sulfonamides is 1. The summed E-state index contributed by atoms with van der Waals surface area (Å²) in [6, 6.07) is 16.5. The lowest BCUT2D eigenvalue weighted by molar-refractivity contribution is 0.0730. The van der Waals surface area contributed by atoms with Crippen molar-refractivity contribution in [2.45, 2.75) is 17.9 Å². The molecule has 0 bridgehead atoms. The number of nitrogens with zero attached hydrogens (tertiary/aromatic N) is 1. The molecule has 1 unspecified atom stereocenters. The maximum atomic E-state index is 14.5. The molecule has 0 aliphatic carbocycles. The standard InChI is InChI=1S/C23H23FN2O4S/c1-16(19-8-4-6-17-5-2-3-7-20(17)19)25-23(27)21-15-18(9-10-22(21)24)31(28,29)26-11-13-30-14-12-26/h2-10,15-16H,11-14H2,1H3,(H,25,27). The second-order valence-corrected chi connectivity index (χ2v) is 9.36. The van der Waals surface area contributed by atoms with Gasteiger partial charge in [-0.05, 0) is 41.5 Å². The molecule has 3 aromatic rings. The number of fused-ring (bicyclic) bond motifs is 1. The predicted octanol–water partition coefficient (Wildman–Crippen LogP) is 3.49. The number of hydrogen-bond acceptors (Lipinski definition) is 4. The lowest BCUT2D eigenvalue weighted by Gasteiger charge is -2.26. The van der Waals surface area contributed by atoms with E-state index in [0.29, 0.717) is 13.2 Å². The first-order valence-corrected chi connectivity index (χ1v) is 11.5. The largest absolute Gasteiger partial charge is 0.379 e. The first-order valence-electron chi connectivity index (χ1n) is 10.0. The molecule has 4 rings (SSSR count). The minimum atomic E-state index is -3.84. The molecule has 31 heavy (non-hydrogen) atoms. The molecule has 3 aromatic carbocycles. The maximum Gasteiger partial charge on any atom is 0.254 e. The molecule has 1 amide bonds. The van der Waals surface area contributed by atoms with E-state index in [1.54, 1.807) is 0 Å². The van der Waals surface area contributed by atoms with Crippen molar-refractivity contribution in [2.24, 2.45) is 0 Å². The number of hydrogen-bond donors (Lipinski definition) is 1. The minimum absolute atomic E-state index is 0.112. The van der Waals surface area contributed by atoms with Gasteiger partial charge in [0, 0.05) is 13.1 Å². The second kappa shape index (κ2) is 8.74. The zero-order valence-electron chi connectivity index (χ0n) is 17.0. The molecule has 0 aromatic heterocycles. The Bertz CT molecular complexity index is 1220. The normalized spacial score (nSPS) is 16.2. The average Bonchev–Trinajstić information content (AvgIpc) is 2.79. The van der Waals surface area contributed by atoms with Crippen LogP contribution in [-0.4, -0.2) is 44.9 Å². The van der Waals surface area contributed by atoms with E-state index in [4.69, 9.17) is 4.74 Å². The van der Waals surface area contributed by atoms with Crippen LogP contribution in [0.4, 0.5) is 4.39 Å². The molecule has 1 N–H and O–H groups in total. The fourth-order valence-electron chi connectivity index (χ4n) is 3.76. The number of nitrogens with one attached hydrogen (secondary N) is 1. The quantitative estimate of drug-likeness (QED) is 0.656. The van der Waals surface area contributed by atoms with E-state index in [1.165, 1.54) is 10.4 Å². The fourth-order valence-corrected chi connectivity index (χ4v) is 5.19. The minimum Gasteiger partial charge on any atom is -0.379 e. The summed E-state index contributed by atoms with van der Waals surface area (Å²) in [5.74, 6) is -1.44. The van der Waals surface area contributed by atoms with Crippen LogP contribution in [0.2, 0.25) is 0 Å². The summed E-state index contributed by atoms with van der Waals surface area (Å²) in [6.07, 6.45) is 0. The molecule has 1 fully saturated rings.